The summed E-state index contributed by atoms with van der Waals surface area (Å²) in [5.74, 6) is 0.334. The molecular weight excluding hydrogens is 518 g/mol. The highest BCUT2D eigenvalue weighted by Gasteiger charge is 2.73. The Morgan fingerprint density at radius 2 is 1.80 bits per heavy atom. The standard InChI is InChI=1S/C33H31N3O5/c1-2-40-29-19-22(16-17-28(29)41-20-23-11-7-10-21-9-3-4-12-24(21)23)30-27-15-8-18-35(27)33(31(30)36(38)39)25-13-5-6-14-26(25)34-32(33)37/h3-7,9-14,16-17,19,27,30-31H,2,8,15,18,20H2,1H3,(H,34,37)/t27-,30+,31+,33+/m0/s1. The molecular formula is C33H31N3O5. The van der Waals surface area contributed by atoms with E-state index in [-0.39, 0.29) is 16.9 Å². The molecule has 0 unspecified atom stereocenters. The highest BCUT2D eigenvalue weighted by molar-refractivity contribution is 6.07. The Balaban J connectivity index is 1.27. The van der Waals surface area contributed by atoms with Gasteiger partial charge in [0.15, 0.2) is 17.0 Å². The van der Waals surface area contributed by atoms with Crippen LogP contribution in [0.2, 0.25) is 0 Å². The van der Waals surface area contributed by atoms with Crippen molar-refractivity contribution in [2.75, 3.05) is 18.5 Å². The number of nitrogens with one attached hydrogen (secondary N) is 1. The molecule has 8 nitrogen and oxygen atoms in total. The molecule has 3 aliphatic heterocycles. The largest absolute Gasteiger partial charge is 0.490 e. The fraction of sp³-hybridized carbons (Fsp3) is 0.303. The highest BCUT2D eigenvalue weighted by Crippen LogP contribution is 2.58. The summed E-state index contributed by atoms with van der Waals surface area (Å²) in [6.45, 7) is 3.33. The number of nitro groups is 1. The highest BCUT2D eigenvalue weighted by atomic mass is 16.6. The third kappa shape index (κ3) is 3.81. The average Bonchev–Trinajstić information content (AvgIpc) is 3.65. The average molecular weight is 550 g/mol. The number of nitrogens with zero attached hydrogens (tertiary/aromatic N) is 2. The van der Waals surface area contributed by atoms with Gasteiger partial charge in [0.05, 0.1) is 12.5 Å². The van der Waals surface area contributed by atoms with Crippen LogP contribution in [-0.2, 0) is 16.9 Å². The smallest absolute Gasteiger partial charge is 0.256 e. The Morgan fingerprint density at radius 1 is 1.00 bits per heavy atom. The quantitative estimate of drug-likeness (QED) is 0.229. The van der Waals surface area contributed by atoms with Gasteiger partial charge in [-0.25, -0.2) is 0 Å². The van der Waals surface area contributed by atoms with E-state index in [1.807, 2.05) is 67.6 Å². The van der Waals surface area contributed by atoms with Crippen molar-refractivity contribution >= 4 is 22.4 Å². The predicted molar refractivity (Wildman–Crippen MR) is 156 cm³/mol. The van der Waals surface area contributed by atoms with Crippen LogP contribution in [0.5, 0.6) is 11.5 Å². The number of para-hydroxylation sites is 1. The lowest BCUT2D eigenvalue weighted by Crippen LogP contribution is -2.55. The molecule has 1 spiro atoms. The molecule has 2 saturated heterocycles. The van der Waals surface area contributed by atoms with Gasteiger partial charge in [-0.15, -0.1) is 0 Å². The van der Waals surface area contributed by atoms with Crippen molar-refractivity contribution in [2.24, 2.45) is 0 Å². The summed E-state index contributed by atoms with van der Waals surface area (Å²) in [6.07, 6.45) is 1.67. The third-order valence-electron chi connectivity index (χ3n) is 9.01. The van der Waals surface area contributed by atoms with Crippen LogP contribution in [0, 0.1) is 10.1 Å². The molecule has 1 N–H and O–H groups in total. The number of ether oxygens (including phenoxy) is 2. The zero-order chi connectivity index (χ0) is 28.1. The lowest BCUT2D eigenvalue weighted by molar-refractivity contribution is -0.534. The maximum Gasteiger partial charge on any atom is 0.256 e. The van der Waals surface area contributed by atoms with Crippen LogP contribution >= 0.6 is 0 Å². The maximum atomic E-state index is 13.7. The maximum absolute atomic E-state index is 13.7. The van der Waals surface area contributed by atoms with Crippen LogP contribution in [0.25, 0.3) is 10.8 Å². The van der Waals surface area contributed by atoms with Crippen LogP contribution < -0.4 is 14.8 Å². The number of hydrogen-bond acceptors (Lipinski definition) is 6. The Hall–Kier alpha value is -4.43. The Kier molecular flexibility index (Phi) is 6.16. The minimum absolute atomic E-state index is 0.140. The number of fused-ring (bicyclic) bond motifs is 5. The van der Waals surface area contributed by atoms with Crippen LogP contribution in [0.4, 0.5) is 5.69 Å². The molecule has 4 aromatic carbocycles. The summed E-state index contributed by atoms with van der Waals surface area (Å²) < 4.78 is 12.3. The van der Waals surface area contributed by atoms with E-state index >= 15 is 0 Å². The van der Waals surface area contributed by atoms with E-state index in [1.165, 1.54) is 0 Å². The summed E-state index contributed by atoms with van der Waals surface area (Å²) in [4.78, 5) is 28.5. The Morgan fingerprint density at radius 3 is 2.66 bits per heavy atom. The van der Waals surface area contributed by atoms with Crippen LogP contribution in [0.3, 0.4) is 0 Å². The molecule has 0 aliphatic carbocycles. The van der Waals surface area contributed by atoms with E-state index in [4.69, 9.17) is 9.47 Å². The van der Waals surface area contributed by atoms with E-state index in [1.54, 1.807) is 0 Å². The molecule has 41 heavy (non-hydrogen) atoms. The summed E-state index contributed by atoms with van der Waals surface area (Å²) in [6, 6.07) is 26.1. The van der Waals surface area contributed by atoms with E-state index in [9.17, 15) is 14.9 Å². The van der Waals surface area contributed by atoms with Gasteiger partial charge in [0, 0.05) is 28.8 Å². The number of rotatable bonds is 7. The van der Waals surface area contributed by atoms with Gasteiger partial charge in [0.25, 0.3) is 11.9 Å². The van der Waals surface area contributed by atoms with Crippen molar-refractivity contribution < 1.29 is 19.2 Å². The first kappa shape index (κ1) is 25.5. The molecule has 1 amide bonds. The molecule has 4 atom stereocenters. The minimum Gasteiger partial charge on any atom is -0.490 e. The lowest BCUT2D eigenvalue weighted by atomic mass is 9.77. The van der Waals surface area contributed by atoms with E-state index in [2.05, 4.69) is 34.5 Å². The minimum atomic E-state index is -1.35. The summed E-state index contributed by atoms with van der Waals surface area (Å²) in [5.41, 5.74) is 1.86. The topological polar surface area (TPSA) is 93.9 Å². The summed E-state index contributed by atoms with van der Waals surface area (Å²) >= 11 is 0. The first-order chi connectivity index (χ1) is 20.0. The van der Waals surface area contributed by atoms with Gasteiger partial charge in [-0.05, 0) is 59.9 Å². The first-order valence-electron chi connectivity index (χ1n) is 14.2. The molecule has 0 bridgehead atoms. The van der Waals surface area contributed by atoms with Crippen molar-refractivity contribution in [1.82, 2.24) is 4.90 Å². The van der Waals surface area contributed by atoms with Gasteiger partial charge in [0.2, 0.25) is 0 Å². The molecule has 7 rings (SSSR count). The molecule has 8 heteroatoms. The first-order valence-corrected chi connectivity index (χ1v) is 14.2. The SMILES string of the molecule is CCOc1cc([C@@H]2[C@@H]3CCCN3[C@@]3(C(=O)Nc4ccccc43)[C@@H]2[N+](=O)[O-])ccc1OCc1cccc2ccccc12. The Labute approximate surface area is 238 Å². The van der Waals surface area contributed by atoms with Gasteiger partial charge < -0.3 is 14.8 Å². The number of benzene rings is 4. The summed E-state index contributed by atoms with van der Waals surface area (Å²) in [7, 11) is 0. The van der Waals surface area contributed by atoms with Crippen molar-refractivity contribution in [3.8, 4) is 11.5 Å². The molecule has 3 heterocycles. The second-order valence-corrected chi connectivity index (χ2v) is 11.0. The molecule has 0 aromatic heterocycles. The van der Waals surface area contributed by atoms with Gasteiger partial charge in [-0.3, -0.25) is 19.8 Å². The van der Waals surface area contributed by atoms with E-state index < -0.39 is 17.5 Å². The van der Waals surface area contributed by atoms with Crippen molar-refractivity contribution in [3.05, 3.63) is 112 Å². The molecule has 2 fully saturated rings. The van der Waals surface area contributed by atoms with E-state index in [0.717, 1.165) is 34.7 Å². The zero-order valence-electron chi connectivity index (χ0n) is 22.8. The number of hydrogen-bond donors (Lipinski definition) is 1. The fourth-order valence-corrected chi connectivity index (χ4v) is 7.47. The van der Waals surface area contributed by atoms with Crippen molar-refractivity contribution in [2.45, 2.75) is 49.9 Å². The lowest BCUT2D eigenvalue weighted by Gasteiger charge is -2.32. The van der Waals surface area contributed by atoms with Crippen molar-refractivity contribution in [1.29, 1.82) is 0 Å². The number of anilines is 1. The van der Waals surface area contributed by atoms with Crippen LogP contribution in [0.15, 0.2) is 84.9 Å². The van der Waals surface area contributed by atoms with Gasteiger partial charge in [-0.1, -0.05) is 66.7 Å². The van der Waals surface area contributed by atoms with Gasteiger partial charge >= 0.3 is 0 Å². The van der Waals surface area contributed by atoms with Crippen LogP contribution in [0.1, 0.15) is 42.4 Å². The molecule has 0 radical (unpaired) electrons. The van der Waals surface area contributed by atoms with Gasteiger partial charge in [-0.2, -0.15) is 0 Å². The molecule has 208 valence electrons. The Bertz CT molecular complexity index is 1670. The fourth-order valence-electron chi connectivity index (χ4n) is 7.47. The number of carbonyl (C=O) groups is 1. The second-order valence-electron chi connectivity index (χ2n) is 11.0. The number of carbonyl (C=O) groups excluding carboxylic acids is 1. The molecule has 0 saturated carbocycles. The third-order valence-corrected chi connectivity index (χ3v) is 9.01. The summed E-state index contributed by atoms with van der Waals surface area (Å²) in [5, 5.41) is 18.2. The zero-order valence-corrected chi connectivity index (χ0v) is 22.8. The van der Waals surface area contributed by atoms with E-state index in [0.29, 0.717) is 42.5 Å². The van der Waals surface area contributed by atoms with Crippen molar-refractivity contribution in [3.63, 3.8) is 0 Å². The normalized spacial score (nSPS) is 24.8. The number of amides is 1. The monoisotopic (exact) mass is 549 g/mol. The van der Waals surface area contributed by atoms with Crippen LogP contribution in [-0.4, -0.2) is 41.0 Å². The van der Waals surface area contributed by atoms with Gasteiger partial charge in [0.1, 0.15) is 6.61 Å². The molecule has 3 aliphatic rings. The molecule has 4 aromatic rings. The predicted octanol–water partition coefficient (Wildman–Crippen LogP) is 5.87. The second kappa shape index (κ2) is 9.89.